The fourth-order valence-corrected chi connectivity index (χ4v) is 6.76. The van der Waals surface area contributed by atoms with E-state index in [1.54, 1.807) is 30.3 Å². The summed E-state index contributed by atoms with van der Waals surface area (Å²) in [4.78, 5) is 12.8. The first-order valence-corrected chi connectivity index (χ1v) is 15.3. The largest absolute Gasteiger partial charge is 0.497 e. The smallest absolute Gasteiger partial charge is 0.331 e. The van der Waals surface area contributed by atoms with Crippen LogP contribution in [0.3, 0.4) is 0 Å². The zero-order valence-corrected chi connectivity index (χ0v) is 25.5. The van der Waals surface area contributed by atoms with Gasteiger partial charge in [-0.1, -0.05) is 12.1 Å². The van der Waals surface area contributed by atoms with Gasteiger partial charge in [-0.2, -0.15) is 0 Å². The fraction of sp³-hybridized carbons (Fsp3) is 0.645. The molecule has 1 aromatic carbocycles. The number of rotatable bonds is 10. The van der Waals surface area contributed by atoms with Crippen LogP contribution in [-0.4, -0.2) is 148 Å². The molecule has 0 amide bonds. The molecule has 3 saturated heterocycles. The van der Waals surface area contributed by atoms with E-state index in [0.717, 1.165) is 6.08 Å². The molecule has 5 aliphatic rings. The lowest BCUT2D eigenvalue weighted by atomic mass is 9.85. The fourth-order valence-electron chi connectivity index (χ4n) is 6.76. The average Bonchev–Trinajstić information content (AvgIpc) is 3.75. The van der Waals surface area contributed by atoms with Crippen LogP contribution >= 0.6 is 0 Å². The number of methoxy groups -OCH3 is 1. The molecule has 47 heavy (non-hydrogen) atoms. The van der Waals surface area contributed by atoms with Gasteiger partial charge in [0.2, 0.25) is 6.29 Å². The normalized spacial score (nSPS) is 45.6. The van der Waals surface area contributed by atoms with Crippen LogP contribution < -0.4 is 4.74 Å². The summed E-state index contributed by atoms with van der Waals surface area (Å²) >= 11 is 0. The Balaban J connectivity index is 1.18. The van der Waals surface area contributed by atoms with E-state index in [9.17, 15) is 40.5 Å². The van der Waals surface area contributed by atoms with Crippen molar-refractivity contribution in [3.8, 4) is 5.75 Å². The highest BCUT2D eigenvalue weighted by atomic mass is 16.8. The van der Waals surface area contributed by atoms with Gasteiger partial charge in [-0.05, 0) is 36.8 Å². The number of ether oxygens (including phenoxy) is 8. The van der Waals surface area contributed by atoms with E-state index in [1.165, 1.54) is 26.4 Å². The summed E-state index contributed by atoms with van der Waals surface area (Å²) in [6, 6.07) is 6.90. The minimum atomic E-state index is -1.70. The van der Waals surface area contributed by atoms with Crippen molar-refractivity contribution in [2.24, 2.45) is 11.8 Å². The topological polar surface area (TPSA) is 236 Å². The molecule has 1 aliphatic carbocycles. The van der Waals surface area contributed by atoms with Gasteiger partial charge < -0.3 is 73.6 Å². The van der Waals surface area contributed by atoms with Crippen molar-refractivity contribution in [2.45, 2.75) is 92.4 Å². The minimum Gasteiger partial charge on any atom is -0.497 e. The van der Waals surface area contributed by atoms with Crippen molar-refractivity contribution in [1.82, 2.24) is 0 Å². The van der Waals surface area contributed by atoms with Crippen molar-refractivity contribution in [2.75, 3.05) is 20.3 Å². The Kier molecular flexibility index (Phi) is 9.93. The van der Waals surface area contributed by atoms with E-state index in [-0.39, 0.29) is 0 Å². The predicted octanol–water partition coefficient (Wildman–Crippen LogP) is -2.47. The summed E-state index contributed by atoms with van der Waals surface area (Å²) in [6.07, 6.45) is -11.6. The van der Waals surface area contributed by atoms with E-state index < -0.39 is 117 Å². The third-order valence-corrected chi connectivity index (χ3v) is 9.45. The van der Waals surface area contributed by atoms with Gasteiger partial charge in [0.15, 0.2) is 18.7 Å². The van der Waals surface area contributed by atoms with Crippen LogP contribution in [0.1, 0.15) is 12.5 Å². The number of epoxide rings is 1. The molecule has 16 heteroatoms. The van der Waals surface area contributed by atoms with Gasteiger partial charge in [0.1, 0.15) is 54.1 Å². The van der Waals surface area contributed by atoms with Gasteiger partial charge >= 0.3 is 5.97 Å². The Labute approximate surface area is 269 Å². The van der Waals surface area contributed by atoms with E-state index >= 15 is 0 Å². The molecule has 4 heterocycles. The molecule has 1 saturated carbocycles. The Morgan fingerprint density at radius 1 is 0.894 bits per heavy atom. The van der Waals surface area contributed by atoms with Crippen LogP contribution in [0.4, 0.5) is 0 Å². The zero-order chi connectivity index (χ0) is 33.6. The number of hydrogen-bond acceptors (Lipinski definition) is 16. The molecule has 7 N–H and O–H groups in total. The predicted molar refractivity (Wildman–Crippen MR) is 154 cm³/mol. The lowest BCUT2D eigenvalue weighted by Gasteiger charge is -2.44. The summed E-state index contributed by atoms with van der Waals surface area (Å²) in [5, 5.41) is 72.4. The highest BCUT2D eigenvalue weighted by molar-refractivity contribution is 5.87. The van der Waals surface area contributed by atoms with E-state index in [2.05, 4.69) is 0 Å². The van der Waals surface area contributed by atoms with Crippen LogP contribution in [-0.2, 0) is 38.0 Å². The molecule has 16 nitrogen and oxygen atoms in total. The maximum absolute atomic E-state index is 12.8. The number of benzene rings is 1. The van der Waals surface area contributed by atoms with Crippen LogP contribution in [0, 0.1) is 11.8 Å². The molecule has 16 atom stereocenters. The first-order chi connectivity index (χ1) is 22.5. The molecule has 1 aromatic rings. The van der Waals surface area contributed by atoms with Crippen LogP contribution in [0.15, 0.2) is 42.7 Å². The van der Waals surface area contributed by atoms with Gasteiger partial charge in [0.25, 0.3) is 0 Å². The quantitative estimate of drug-likeness (QED) is 0.0777. The van der Waals surface area contributed by atoms with Crippen molar-refractivity contribution in [3.63, 3.8) is 0 Å². The van der Waals surface area contributed by atoms with Gasteiger partial charge in [0.05, 0.1) is 44.7 Å². The number of aliphatic hydroxyl groups excluding tert-OH is 7. The number of hydrogen-bond donors (Lipinski definition) is 7. The monoisotopic (exact) mass is 668 g/mol. The number of esters is 1. The number of fused-ring (bicyclic) bond motifs is 3. The van der Waals surface area contributed by atoms with Crippen LogP contribution in [0.5, 0.6) is 5.75 Å². The van der Waals surface area contributed by atoms with E-state index in [1.807, 2.05) is 0 Å². The molecule has 0 unspecified atom stereocenters. The maximum Gasteiger partial charge on any atom is 0.331 e. The molecule has 4 fully saturated rings. The summed E-state index contributed by atoms with van der Waals surface area (Å²) in [6.45, 7) is 0.378. The second-order valence-electron chi connectivity index (χ2n) is 12.2. The molecule has 260 valence electrons. The third-order valence-electron chi connectivity index (χ3n) is 9.45. The molecule has 6 rings (SSSR count). The SMILES string of the molecule is COc1ccc(/C=C/C(=O)O[C@@H]2[C@H](O[C@H]3[C@@H]4C=CO[C@@H](O[C@@H]5O[C@H](CO)[C@@H](O)[C@H](O)[C@H]5O)[C@@H]4[C@@]4(CO)O[C@@H]34)O[C@@H](C)[C@H](O)[C@H]2O)cc1. The standard InChI is InChI=1S/C31H40O16/c1-13-20(35)23(38)26(44-18(34)8-5-14-3-6-15(40-2)7-4-14)30(42-13)45-25-16-9-10-41-28(19(16)31(12-33)27(25)47-31)46-29-24(39)22(37)21(36)17(11-32)43-29/h3-10,13,16-17,19-30,32-33,35-39H,11-12H2,1-2H3/b8-5+/t13-,16+,17+,19+,20-,21+,22-,23+,24+,25-,26-,27-,28-,29-,30-,31+/m0/s1. The van der Waals surface area contributed by atoms with Gasteiger partial charge in [-0.3, -0.25) is 0 Å². The molecule has 0 bridgehead atoms. The summed E-state index contributed by atoms with van der Waals surface area (Å²) in [7, 11) is 1.53. The lowest BCUT2D eigenvalue weighted by Crippen LogP contribution is -2.61. The highest BCUT2D eigenvalue weighted by Crippen LogP contribution is 2.61. The molecular formula is C31H40O16. The first-order valence-electron chi connectivity index (χ1n) is 15.3. The molecule has 0 radical (unpaired) electrons. The Bertz CT molecular complexity index is 1300. The molecule has 0 aromatic heterocycles. The Hall–Kier alpha value is -2.71. The summed E-state index contributed by atoms with van der Waals surface area (Å²) < 4.78 is 45.9. The van der Waals surface area contributed by atoms with Crippen molar-refractivity contribution in [1.29, 1.82) is 0 Å². The number of aliphatic hydroxyl groups is 7. The second-order valence-corrected chi connectivity index (χ2v) is 12.2. The van der Waals surface area contributed by atoms with Crippen molar-refractivity contribution >= 4 is 12.0 Å². The molecule has 0 spiro atoms. The van der Waals surface area contributed by atoms with Crippen molar-refractivity contribution in [3.05, 3.63) is 48.2 Å². The average molecular weight is 669 g/mol. The third kappa shape index (κ3) is 6.29. The zero-order valence-electron chi connectivity index (χ0n) is 25.5. The van der Waals surface area contributed by atoms with Crippen molar-refractivity contribution < 1.29 is 78.4 Å². The number of carbonyl (C=O) groups excluding carboxylic acids is 1. The second kappa shape index (κ2) is 13.7. The molecular weight excluding hydrogens is 628 g/mol. The van der Waals surface area contributed by atoms with Gasteiger partial charge in [-0.15, -0.1) is 0 Å². The van der Waals surface area contributed by atoms with Gasteiger partial charge in [0, 0.05) is 12.0 Å². The van der Waals surface area contributed by atoms with Gasteiger partial charge in [-0.25, -0.2) is 4.79 Å². The Morgan fingerprint density at radius 3 is 2.32 bits per heavy atom. The minimum absolute atomic E-state index is 0.484. The van der Waals surface area contributed by atoms with Crippen LogP contribution in [0.2, 0.25) is 0 Å². The summed E-state index contributed by atoms with van der Waals surface area (Å²) in [5.41, 5.74) is -0.551. The Morgan fingerprint density at radius 2 is 1.64 bits per heavy atom. The number of carbonyl (C=O) groups is 1. The molecule has 4 aliphatic heterocycles. The first kappa shape index (κ1) is 34.2. The lowest BCUT2D eigenvalue weighted by molar-refractivity contribution is -0.347. The highest BCUT2D eigenvalue weighted by Gasteiger charge is 2.77. The van der Waals surface area contributed by atoms with E-state index in [0.29, 0.717) is 11.3 Å². The van der Waals surface area contributed by atoms with Crippen LogP contribution in [0.25, 0.3) is 6.08 Å². The summed E-state index contributed by atoms with van der Waals surface area (Å²) in [5.74, 6) is -1.52. The van der Waals surface area contributed by atoms with E-state index in [4.69, 9.17) is 37.9 Å². The maximum atomic E-state index is 12.8.